The lowest BCUT2D eigenvalue weighted by Crippen LogP contribution is -2.44. The molecule has 138 valence electrons. The van der Waals surface area contributed by atoms with Crippen molar-refractivity contribution in [2.24, 2.45) is 10.4 Å². The fourth-order valence-corrected chi connectivity index (χ4v) is 4.15. The van der Waals surface area contributed by atoms with Gasteiger partial charge in [0.1, 0.15) is 0 Å². The zero-order chi connectivity index (χ0) is 16.5. The molecule has 0 amide bonds. The molecule has 1 aromatic heterocycles. The number of methoxy groups -OCH3 is 1. The Labute approximate surface area is 168 Å². The molecule has 1 aliphatic carbocycles. The van der Waals surface area contributed by atoms with Gasteiger partial charge in [-0.2, -0.15) is 0 Å². The monoisotopic (exact) mass is 465 g/mol. The van der Waals surface area contributed by atoms with Gasteiger partial charge in [-0.1, -0.05) is 18.9 Å². The van der Waals surface area contributed by atoms with Gasteiger partial charge in [-0.3, -0.25) is 4.99 Å². The molecule has 0 spiro atoms. The van der Waals surface area contributed by atoms with Crippen molar-refractivity contribution in [3.8, 4) is 0 Å². The molecule has 0 aliphatic heterocycles. The quantitative estimate of drug-likeness (QED) is 0.358. The molecule has 1 fully saturated rings. The zero-order valence-electron chi connectivity index (χ0n) is 15.2. The maximum atomic E-state index is 5.32. The van der Waals surface area contributed by atoms with Crippen molar-refractivity contribution in [2.45, 2.75) is 38.5 Å². The minimum atomic E-state index is 0. The van der Waals surface area contributed by atoms with E-state index < -0.39 is 0 Å². The van der Waals surface area contributed by atoms with Crippen LogP contribution in [-0.2, 0) is 11.2 Å². The molecule has 0 unspecified atom stereocenters. The van der Waals surface area contributed by atoms with Crippen molar-refractivity contribution in [1.29, 1.82) is 0 Å². The maximum Gasteiger partial charge on any atom is 0.193 e. The second kappa shape index (κ2) is 11.3. The van der Waals surface area contributed by atoms with Crippen molar-refractivity contribution in [1.82, 2.24) is 10.2 Å². The second-order valence-electron chi connectivity index (χ2n) is 6.60. The summed E-state index contributed by atoms with van der Waals surface area (Å²) in [6.07, 6.45) is 7.52. The number of ether oxygens (including phenoxy) is 1. The zero-order valence-corrected chi connectivity index (χ0v) is 18.4. The lowest BCUT2D eigenvalue weighted by Gasteiger charge is -2.31. The van der Waals surface area contributed by atoms with E-state index in [0.717, 1.165) is 38.5 Å². The highest BCUT2D eigenvalue weighted by Crippen LogP contribution is 2.40. The van der Waals surface area contributed by atoms with Gasteiger partial charge in [-0.15, -0.1) is 35.3 Å². The number of nitrogens with one attached hydrogen (secondary N) is 1. The average Bonchev–Trinajstić information content (AvgIpc) is 3.24. The van der Waals surface area contributed by atoms with Crippen molar-refractivity contribution in [2.75, 3.05) is 40.9 Å². The van der Waals surface area contributed by atoms with Crippen LogP contribution in [0.4, 0.5) is 0 Å². The average molecular weight is 465 g/mol. The summed E-state index contributed by atoms with van der Waals surface area (Å²) in [7, 11) is 5.80. The van der Waals surface area contributed by atoms with E-state index in [2.05, 4.69) is 39.8 Å². The number of guanidine groups is 1. The minimum Gasteiger partial charge on any atom is -0.385 e. The van der Waals surface area contributed by atoms with Crippen molar-refractivity contribution >= 4 is 41.3 Å². The third-order valence-corrected chi connectivity index (χ3v) is 5.91. The van der Waals surface area contributed by atoms with E-state index in [1.54, 1.807) is 7.11 Å². The Hall–Kier alpha value is -0.340. The van der Waals surface area contributed by atoms with E-state index in [4.69, 9.17) is 4.74 Å². The van der Waals surface area contributed by atoms with Gasteiger partial charge < -0.3 is 15.0 Å². The molecule has 0 bridgehead atoms. The highest BCUT2D eigenvalue weighted by atomic mass is 127. The Kier molecular flexibility index (Phi) is 10.2. The van der Waals surface area contributed by atoms with Gasteiger partial charge >= 0.3 is 0 Å². The molecular weight excluding hydrogens is 433 g/mol. The Morgan fingerprint density at radius 2 is 2.17 bits per heavy atom. The maximum absolute atomic E-state index is 5.32. The molecule has 1 N–H and O–H groups in total. The van der Waals surface area contributed by atoms with Crippen LogP contribution in [0.3, 0.4) is 0 Å². The molecule has 0 radical (unpaired) electrons. The van der Waals surface area contributed by atoms with Crippen molar-refractivity contribution in [3.05, 3.63) is 22.4 Å². The molecule has 0 saturated heterocycles. The van der Waals surface area contributed by atoms with Gasteiger partial charge in [-0.25, -0.2) is 0 Å². The highest BCUT2D eigenvalue weighted by Gasteiger charge is 2.33. The van der Waals surface area contributed by atoms with Crippen LogP contribution in [0, 0.1) is 5.41 Å². The number of halogens is 1. The summed E-state index contributed by atoms with van der Waals surface area (Å²) in [5.41, 5.74) is 0.389. The number of hydrogen-bond donors (Lipinski definition) is 1. The molecule has 1 heterocycles. The third kappa shape index (κ3) is 6.52. The normalized spacial score (nSPS) is 16.7. The fourth-order valence-electron chi connectivity index (χ4n) is 3.45. The number of thiophene rings is 1. The van der Waals surface area contributed by atoms with Gasteiger partial charge in [0.15, 0.2) is 5.96 Å². The first-order valence-corrected chi connectivity index (χ1v) is 9.50. The van der Waals surface area contributed by atoms with E-state index in [1.807, 2.05) is 18.4 Å². The Bertz CT molecular complexity index is 473. The van der Waals surface area contributed by atoms with Crippen LogP contribution in [0.15, 0.2) is 22.5 Å². The van der Waals surface area contributed by atoms with Gasteiger partial charge in [0.25, 0.3) is 0 Å². The lowest BCUT2D eigenvalue weighted by molar-refractivity contribution is 0.138. The largest absolute Gasteiger partial charge is 0.385 e. The number of rotatable bonds is 8. The molecular formula is C18H32IN3OS. The molecule has 2 rings (SSSR count). The highest BCUT2D eigenvalue weighted by molar-refractivity contribution is 14.0. The predicted molar refractivity (Wildman–Crippen MR) is 115 cm³/mol. The first-order chi connectivity index (χ1) is 11.2. The van der Waals surface area contributed by atoms with Gasteiger partial charge in [0, 0.05) is 45.8 Å². The van der Waals surface area contributed by atoms with Crippen LogP contribution >= 0.6 is 35.3 Å². The lowest BCUT2D eigenvalue weighted by atomic mass is 9.83. The van der Waals surface area contributed by atoms with Crippen molar-refractivity contribution in [3.63, 3.8) is 0 Å². The topological polar surface area (TPSA) is 36.9 Å². The predicted octanol–water partition coefficient (Wildman–Crippen LogP) is 4.01. The van der Waals surface area contributed by atoms with Gasteiger partial charge in [0.05, 0.1) is 0 Å². The Morgan fingerprint density at radius 1 is 1.42 bits per heavy atom. The Balaban J connectivity index is 0.00000288. The summed E-state index contributed by atoms with van der Waals surface area (Å²) in [6.45, 7) is 2.85. The number of nitrogens with zero attached hydrogens (tertiary/aromatic N) is 2. The summed E-state index contributed by atoms with van der Waals surface area (Å²) >= 11 is 1.83. The van der Waals surface area contributed by atoms with E-state index in [-0.39, 0.29) is 24.0 Å². The molecule has 1 saturated carbocycles. The molecule has 0 aromatic carbocycles. The van der Waals surface area contributed by atoms with Crippen LogP contribution < -0.4 is 5.32 Å². The molecule has 6 heteroatoms. The number of hydrogen-bond acceptors (Lipinski definition) is 3. The molecule has 1 aliphatic rings. The smallest absolute Gasteiger partial charge is 0.193 e. The third-order valence-electron chi connectivity index (χ3n) is 4.97. The van der Waals surface area contributed by atoms with Gasteiger partial charge in [0.2, 0.25) is 0 Å². The SMILES string of the molecule is CN=C(NCC1(CCOC)CCCC1)N(C)CCc1cccs1.I. The van der Waals surface area contributed by atoms with E-state index in [9.17, 15) is 0 Å². The minimum absolute atomic E-state index is 0. The summed E-state index contributed by atoms with van der Waals surface area (Å²) in [4.78, 5) is 8.13. The van der Waals surface area contributed by atoms with Crippen LogP contribution in [0.5, 0.6) is 0 Å². The first kappa shape index (κ1) is 21.7. The van der Waals surface area contributed by atoms with E-state index in [0.29, 0.717) is 5.41 Å². The summed E-state index contributed by atoms with van der Waals surface area (Å²) in [5, 5.41) is 5.76. The first-order valence-electron chi connectivity index (χ1n) is 8.62. The van der Waals surface area contributed by atoms with E-state index in [1.165, 1.54) is 30.6 Å². The molecule has 1 aromatic rings. The number of likely N-dealkylation sites (N-methyl/N-ethyl adjacent to an activating group) is 1. The van der Waals surface area contributed by atoms with Crippen LogP contribution in [0.2, 0.25) is 0 Å². The molecule has 4 nitrogen and oxygen atoms in total. The van der Waals surface area contributed by atoms with Crippen LogP contribution in [0.25, 0.3) is 0 Å². The Morgan fingerprint density at radius 3 is 2.75 bits per heavy atom. The van der Waals surface area contributed by atoms with E-state index >= 15 is 0 Å². The standard InChI is InChI=1S/C18H31N3OS.HI/c1-19-17(21(2)12-8-16-7-6-14-23-16)20-15-18(11-13-22-3)9-4-5-10-18;/h6-7,14H,4-5,8-13,15H2,1-3H3,(H,19,20);1H. The summed E-state index contributed by atoms with van der Waals surface area (Å²) in [5.74, 6) is 1.00. The summed E-state index contributed by atoms with van der Waals surface area (Å²) < 4.78 is 5.32. The van der Waals surface area contributed by atoms with Gasteiger partial charge in [-0.05, 0) is 42.5 Å². The fraction of sp³-hybridized carbons (Fsp3) is 0.722. The van der Waals surface area contributed by atoms with Crippen LogP contribution in [0.1, 0.15) is 37.0 Å². The summed E-state index contributed by atoms with van der Waals surface area (Å²) in [6, 6.07) is 4.32. The van der Waals surface area contributed by atoms with Crippen molar-refractivity contribution < 1.29 is 4.74 Å². The second-order valence-corrected chi connectivity index (χ2v) is 7.63. The molecule has 24 heavy (non-hydrogen) atoms. The molecule has 0 atom stereocenters. The number of aliphatic imine (C=N–C) groups is 1. The van der Waals surface area contributed by atoms with Crippen LogP contribution in [-0.4, -0.2) is 51.8 Å².